The largest absolute Gasteiger partial charge is 0.507 e. The van der Waals surface area contributed by atoms with Gasteiger partial charge < -0.3 is 25.8 Å². The Morgan fingerprint density at radius 2 is 1.71 bits per heavy atom. The Bertz CT molecular complexity index is 741. The smallest absolute Gasteiger partial charge is 0.255 e. The van der Waals surface area contributed by atoms with Crippen molar-refractivity contribution >= 4 is 35.8 Å². The molecule has 152 valence electrons. The van der Waals surface area contributed by atoms with Crippen LogP contribution >= 0.6 is 24.0 Å². The van der Waals surface area contributed by atoms with Gasteiger partial charge in [-0.3, -0.25) is 9.79 Å². The number of benzene rings is 2. The van der Waals surface area contributed by atoms with Gasteiger partial charge in [-0.15, -0.1) is 24.0 Å². The minimum atomic E-state index is -0.322. The van der Waals surface area contributed by atoms with E-state index in [0.29, 0.717) is 32.2 Å². The van der Waals surface area contributed by atoms with Crippen LogP contribution in [0.1, 0.15) is 17.3 Å². The molecule has 0 fully saturated rings. The normalized spacial score (nSPS) is 10.5. The number of aromatic hydroxyl groups is 1. The lowest BCUT2D eigenvalue weighted by Gasteiger charge is -2.12. The molecule has 0 saturated carbocycles. The minimum Gasteiger partial charge on any atom is -0.507 e. The van der Waals surface area contributed by atoms with Gasteiger partial charge in [0.25, 0.3) is 5.91 Å². The molecule has 0 heterocycles. The summed E-state index contributed by atoms with van der Waals surface area (Å²) in [6.45, 7) is 4.61. The molecule has 0 atom stereocenters. The average Bonchev–Trinajstić information content (AvgIpc) is 2.69. The highest BCUT2D eigenvalue weighted by Crippen LogP contribution is 2.14. The van der Waals surface area contributed by atoms with Gasteiger partial charge in [0, 0.05) is 13.1 Å². The molecule has 0 aliphatic carbocycles. The molecule has 0 spiro atoms. The van der Waals surface area contributed by atoms with Gasteiger partial charge in [-0.05, 0) is 31.2 Å². The SMILES string of the molecule is CCNC(=NCCNC(=O)c1ccccc1O)NCCOc1ccccc1.I. The first kappa shape index (κ1) is 23.5. The number of hydrogen-bond acceptors (Lipinski definition) is 4. The predicted octanol–water partition coefficient (Wildman–Crippen LogP) is 2.37. The van der Waals surface area contributed by atoms with Crippen molar-refractivity contribution in [2.75, 3.05) is 32.8 Å². The number of phenols is 1. The van der Waals surface area contributed by atoms with Gasteiger partial charge in [-0.1, -0.05) is 30.3 Å². The third-order valence-electron chi connectivity index (χ3n) is 3.57. The summed E-state index contributed by atoms with van der Waals surface area (Å²) >= 11 is 0. The number of carbonyl (C=O) groups is 1. The highest BCUT2D eigenvalue weighted by atomic mass is 127. The molecule has 0 bridgehead atoms. The van der Waals surface area contributed by atoms with Crippen LogP contribution in [0, 0.1) is 0 Å². The Hall–Kier alpha value is -2.49. The van der Waals surface area contributed by atoms with Gasteiger partial charge in [-0.25, -0.2) is 0 Å². The Labute approximate surface area is 182 Å². The fourth-order valence-corrected chi connectivity index (χ4v) is 2.29. The molecule has 2 aromatic carbocycles. The molecule has 7 nitrogen and oxygen atoms in total. The van der Waals surface area contributed by atoms with Crippen molar-refractivity contribution < 1.29 is 14.6 Å². The standard InChI is InChI=1S/C20H26N4O3.HI/c1-2-21-20(24-14-15-27-16-8-4-3-5-9-16)23-13-12-22-19(26)17-10-6-7-11-18(17)25;/h3-11,25H,2,12-15H2,1H3,(H,22,26)(H2,21,23,24);1H. The fourth-order valence-electron chi connectivity index (χ4n) is 2.29. The van der Waals surface area contributed by atoms with Crippen LogP contribution in [0.15, 0.2) is 59.6 Å². The second kappa shape index (κ2) is 13.6. The van der Waals surface area contributed by atoms with Crippen LogP contribution in [-0.4, -0.2) is 49.8 Å². The van der Waals surface area contributed by atoms with Gasteiger partial charge in [-0.2, -0.15) is 0 Å². The van der Waals surface area contributed by atoms with E-state index in [2.05, 4.69) is 20.9 Å². The fraction of sp³-hybridized carbons (Fsp3) is 0.300. The van der Waals surface area contributed by atoms with Gasteiger partial charge in [0.15, 0.2) is 5.96 Å². The zero-order valence-corrected chi connectivity index (χ0v) is 18.2. The molecule has 0 radical (unpaired) electrons. The average molecular weight is 498 g/mol. The molecule has 0 aromatic heterocycles. The minimum absolute atomic E-state index is 0. The van der Waals surface area contributed by atoms with E-state index in [0.717, 1.165) is 12.3 Å². The van der Waals surface area contributed by atoms with E-state index in [9.17, 15) is 9.90 Å². The van der Waals surface area contributed by atoms with Crippen molar-refractivity contribution in [2.24, 2.45) is 4.99 Å². The molecule has 0 saturated heterocycles. The van der Waals surface area contributed by atoms with E-state index in [4.69, 9.17) is 4.74 Å². The van der Waals surface area contributed by atoms with Crippen LogP contribution in [0.25, 0.3) is 0 Å². The lowest BCUT2D eigenvalue weighted by Crippen LogP contribution is -2.40. The molecule has 0 aliphatic heterocycles. The highest BCUT2D eigenvalue weighted by Gasteiger charge is 2.08. The number of aliphatic imine (C=N–C) groups is 1. The number of carbonyl (C=O) groups excluding carboxylic acids is 1. The van der Waals surface area contributed by atoms with Crippen molar-refractivity contribution in [3.63, 3.8) is 0 Å². The zero-order chi connectivity index (χ0) is 19.3. The van der Waals surface area contributed by atoms with Gasteiger partial charge in [0.2, 0.25) is 0 Å². The van der Waals surface area contributed by atoms with Crippen molar-refractivity contribution in [3.8, 4) is 11.5 Å². The number of halogens is 1. The molecular formula is C20H27IN4O3. The molecule has 28 heavy (non-hydrogen) atoms. The molecule has 2 rings (SSSR count). The summed E-state index contributed by atoms with van der Waals surface area (Å²) in [7, 11) is 0. The van der Waals surface area contributed by atoms with Crippen LogP contribution < -0.4 is 20.7 Å². The van der Waals surface area contributed by atoms with Crippen molar-refractivity contribution in [2.45, 2.75) is 6.92 Å². The molecular weight excluding hydrogens is 471 g/mol. The topological polar surface area (TPSA) is 95.0 Å². The number of rotatable bonds is 9. The third kappa shape index (κ3) is 8.47. The number of phenolic OH excluding ortho intramolecular Hbond substituents is 1. The van der Waals surface area contributed by atoms with Crippen LogP contribution in [-0.2, 0) is 0 Å². The molecule has 8 heteroatoms. The monoisotopic (exact) mass is 498 g/mol. The summed E-state index contributed by atoms with van der Waals surface area (Å²) in [4.78, 5) is 16.4. The summed E-state index contributed by atoms with van der Waals surface area (Å²) in [5, 5.41) is 18.7. The molecule has 1 amide bonds. The summed E-state index contributed by atoms with van der Waals surface area (Å²) in [5.74, 6) is 1.13. The van der Waals surface area contributed by atoms with E-state index in [-0.39, 0.29) is 41.2 Å². The number of guanidine groups is 1. The molecule has 0 aliphatic rings. The Balaban J connectivity index is 0.00000392. The van der Waals surface area contributed by atoms with Crippen LogP contribution in [0.2, 0.25) is 0 Å². The molecule has 4 N–H and O–H groups in total. The quantitative estimate of drug-likeness (QED) is 0.184. The van der Waals surface area contributed by atoms with Crippen molar-refractivity contribution in [1.29, 1.82) is 0 Å². The van der Waals surface area contributed by atoms with Crippen molar-refractivity contribution in [1.82, 2.24) is 16.0 Å². The Morgan fingerprint density at radius 3 is 2.43 bits per heavy atom. The predicted molar refractivity (Wildman–Crippen MR) is 122 cm³/mol. The summed E-state index contributed by atoms with van der Waals surface area (Å²) < 4.78 is 5.63. The van der Waals surface area contributed by atoms with E-state index >= 15 is 0 Å². The second-order valence-corrected chi connectivity index (χ2v) is 5.62. The lowest BCUT2D eigenvalue weighted by molar-refractivity contribution is 0.0952. The first-order valence-electron chi connectivity index (χ1n) is 8.97. The van der Waals surface area contributed by atoms with E-state index in [1.54, 1.807) is 18.2 Å². The van der Waals surface area contributed by atoms with Crippen LogP contribution in [0.4, 0.5) is 0 Å². The van der Waals surface area contributed by atoms with Crippen LogP contribution in [0.3, 0.4) is 0 Å². The summed E-state index contributed by atoms with van der Waals surface area (Å²) in [6, 6.07) is 16.1. The number of amides is 1. The maximum atomic E-state index is 12.0. The Kier molecular flexibility index (Phi) is 11.5. The zero-order valence-electron chi connectivity index (χ0n) is 15.9. The summed E-state index contributed by atoms with van der Waals surface area (Å²) in [6.07, 6.45) is 0. The first-order valence-corrected chi connectivity index (χ1v) is 8.97. The second-order valence-electron chi connectivity index (χ2n) is 5.62. The van der Waals surface area contributed by atoms with E-state index < -0.39 is 0 Å². The third-order valence-corrected chi connectivity index (χ3v) is 3.57. The number of ether oxygens (including phenoxy) is 1. The van der Waals surface area contributed by atoms with E-state index in [1.165, 1.54) is 6.07 Å². The number of hydrogen-bond donors (Lipinski definition) is 4. The van der Waals surface area contributed by atoms with Crippen LogP contribution in [0.5, 0.6) is 11.5 Å². The van der Waals surface area contributed by atoms with E-state index in [1.807, 2.05) is 37.3 Å². The summed E-state index contributed by atoms with van der Waals surface area (Å²) in [5.41, 5.74) is 0.254. The van der Waals surface area contributed by atoms with Crippen molar-refractivity contribution in [3.05, 3.63) is 60.2 Å². The molecule has 2 aromatic rings. The number of para-hydroxylation sites is 2. The Morgan fingerprint density at radius 1 is 1.00 bits per heavy atom. The van der Waals surface area contributed by atoms with Gasteiger partial charge >= 0.3 is 0 Å². The number of nitrogens with zero attached hydrogens (tertiary/aromatic N) is 1. The van der Waals surface area contributed by atoms with Gasteiger partial charge in [0.1, 0.15) is 18.1 Å². The maximum absolute atomic E-state index is 12.0. The lowest BCUT2D eigenvalue weighted by atomic mass is 10.2. The number of nitrogens with one attached hydrogen (secondary N) is 3. The first-order chi connectivity index (χ1) is 13.2. The maximum Gasteiger partial charge on any atom is 0.255 e. The molecule has 0 unspecified atom stereocenters. The highest BCUT2D eigenvalue weighted by molar-refractivity contribution is 14.0. The van der Waals surface area contributed by atoms with Gasteiger partial charge in [0.05, 0.1) is 18.7 Å².